The number of carbonyl (C=O) groups excluding carboxylic acids is 1. The number of nitrogens with zero attached hydrogens (tertiary/aromatic N) is 1. The molecule has 0 unspecified atom stereocenters. The minimum absolute atomic E-state index is 0.0375. The monoisotopic (exact) mass is 185 g/mol. The van der Waals surface area contributed by atoms with E-state index in [-0.39, 0.29) is 11.3 Å². The standard InChI is InChI=1S/C9H19N3O/c1-7(13)11-5-6-12-8(10)9(2,3)4/h5-6H2,1-4H3,(H2,10,12)(H,11,13). The van der Waals surface area contributed by atoms with Crippen LogP contribution in [0.1, 0.15) is 27.7 Å². The third-order valence-electron chi connectivity index (χ3n) is 1.54. The topological polar surface area (TPSA) is 67.5 Å². The number of hydrogen-bond donors (Lipinski definition) is 2. The van der Waals surface area contributed by atoms with E-state index in [4.69, 9.17) is 5.73 Å². The minimum atomic E-state index is -0.0871. The van der Waals surface area contributed by atoms with Gasteiger partial charge in [0.05, 0.1) is 12.4 Å². The van der Waals surface area contributed by atoms with Crippen LogP contribution in [0, 0.1) is 5.41 Å². The van der Waals surface area contributed by atoms with Gasteiger partial charge < -0.3 is 11.1 Å². The molecule has 4 heteroatoms. The Hall–Kier alpha value is -1.06. The van der Waals surface area contributed by atoms with Crippen molar-refractivity contribution in [3.05, 3.63) is 0 Å². The lowest BCUT2D eigenvalue weighted by Gasteiger charge is -2.17. The summed E-state index contributed by atoms with van der Waals surface area (Å²) in [4.78, 5) is 14.6. The number of carbonyl (C=O) groups is 1. The fourth-order valence-corrected chi connectivity index (χ4v) is 0.645. The van der Waals surface area contributed by atoms with Gasteiger partial charge >= 0.3 is 0 Å². The number of nitrogens with one attached hydrogen (secondary N) is 1. The molecule has 0 aliphatic rings. The van der Waals surface area contributed by atoms with Gasteiger partial charge in [-0.2, -0.15) is 0 Å². The Morgan fingerprint density at radius 1 is 1.46 bits per heavy atom. The molecular formula is C9H19N3O. The second-order valence-electron chi connectivity index (χ2n) is 4.00. The van der Waals surface area contributed by atoms with Gasteiger partial charge in [-0.3, -0.25) is 9.79 Å². The number of amidine groups is 1. The highest BCUT2D eigenvalue weighted by Gasteiger charge is 2.14. The molecule has 76 valence electrons. The Morgan fingerprint density at radius 2 is 2.00 bits per heavy atom. The number of hydrogen-bond acceptors (Lipinski definition) is 2. The Labute approximate surface area is 79.6 Å². The Morgan fingerprint density at radius 3 is 2.38 bits per heavy atom. The first-order valence-electron chi connectivity index (χ1n) is 4.39. The maximum absolute atomic E-state index is 10.5. The average Bonchev–Trinajstić information content (AvgIpc) is 1.95. The number of rotatable bonds is 3. The largest absolute Gasteiger partial charge is 0.387 e. The van der Waals surface area contributed by atoms with Crippen molar-refractivity contribution in [3.63, 3.8) is 0 Å². The highest BCUT2D eigenvalue weighted by molar-refractivity contribution is 5.85. The molecule has 0 saturated carbocycles. The zero-order valence-electron chi connectivity index (χ0n) is 8.85. The van der Waals surface area contributed by atoms with Crippen LogP contribution in [0.15, 0.2) is 4.99 Å². The van der Waals surface area contributed by atoms with E-state index in [0.29, 0.717) is 18.9 Å². The van der Waals surface area contributed by atoms with Crippen LogP contribution in [0.4, 0.5) is 0 Å². The minimum Gasteiger partial charge on any atom is -0.387 e. The lowest BCUT2D eigenvalue weighted by Crippen LogP contribution is -2.30. The molecule has 0 aliphatic heterocycles. The summed E-state index contributed by atoms with van der Waals surface area (Å²) in [5.41, 5.74) is 5.62. The SMILES string of the molecule is CC(=O)NCCN=C(N)C(C)(C)C. The van der Waals surface area contributed by atoms with E-state index in [1.54, 1.807) is 0 Å². The molecule has 0 fully saturated rings. The second kappa shape index (κ2) is 4.84. The van der Waals surface area contributed by atoms with Crippen LogP contribution >= 0.6 is 0 Å². The first-order valence-corrected chi connectivity index (χ1v) is 4.39. The first kappa shape index (κ1) is 11.9. The second-order valence-corrected chi connectivity index (χ2v) is 4.00. The molecule has 0 radical (unpaired) electrons. The summed E-state index contributed by atoms with van der Waals surface area (Å²) in [7, 11) is 0. The van der Waals surface area contributed by atoms with Gasteiger partial charge in [-0.1, -0.05) is 20.8 Å². The molecule has 3 N–H and O–H groups in total. The van der Waals surface area contributed by atoms with E-state index in [9.17, 15) is 4.79 Å². The molecule has 0 aromatic heterocycles. The maximum Gasteiger partial charge on any atom is 0.216 e. The maximum atomic E-state index is 10.5. The number of aliphatic imine (C=N–C) groups is 1. The normalized spacial score (nSPS) is 12.8. The van der Waals surface area contributed by atoms with Gasteiger partial charge in [0.1, 0.15) is 0 Å². The molecule has 0 bridgehead atoms. The highest BCUT2D eigenvalue weighted by Crippen LogP contribution is 2.12. The summed E-state index contributed by atoms with van der Waals surface area (Å²) in [5, 5.41) is 2.65. The third kappa shape index (κ3) is 6.13. The van der Waals surface area contributed by atoms with Crippen molar-refractivity contribution in [1.82, 2.24) is 5.32 Å². The van der Waals surface area contributed by atoms with Crippen LogP contribution in [0.2, 0.25) is 0 Å². The van der Waals surface area contributed by atoms with Crippen molar-refractivity contribution < 1.29 is 4.79 Å². The van der Waals surface area contributed by atoms with Crippen molar-refractivity contribution in [3.8, 4) is 0 Å². The summed E-state index contributed by atoms with van der Waals surface area (Å²) < 4.78 is 0. The van der Waals surface area contributed by atoms with Crippen molar-refractivity contribution in [2.75, 3.05) is 13.1 Å². The Balaban J connectivity index is 3.79. The zero-order chi connectivity index (χ0) is 10.5. The van der Waals surface area contributed by atoms with E-state index in [1.165, 1.54) is 6.92 Å². The smallest absolute Gasteiger partial charge is 0.216 e. The Kier molecular flexibility index (Phi) is 4.45. The molecule has 0 aliphatic carbocycles. The van der Waals surface area contributed by atoms with Gasteiger partial charge in [0.25, 0.3) is 0 Å². The van der Waals surface area contributed by atoms with Gasteiger partial charge in [0.15, 0.2) is 0 Å². The van der Waals surface area contributed by atoms with Crippen molar-refractivity contribution in [2.45, 2.75) is 27.7 Å². The quantitative estimate of drug-likeness (QED) is 0.382. The summed E-state index contributed by atoms with van der Waals surface area (Å²) >= 11 is 0. The van der Waals surface area contributed by atoms with Crippen molar-refractivity contribution in [2.24, 2.45) is 16.1 Å². The molecule has 0 aromatic rings. The molecule has 0 spiro atoms. The van der Waals surface area contributed by atoms with Crippen LogP contribution in [0.25, 0.3) is 0 Å². The van der Waals surface area contributed by atoms with Crippen LogP contribution < -0.4 is 11.1 Å². The van der Waals surface area contributed by atoms with Crippen LogP contribution in [0.3, 0.4) is 0 Å². The van der Waals surface area contributed by atoms with Crippen LogP contribution in [0.5, 0.6) is 0 Å². The van der Waals surface area contributed by atoms with Gasteiger partial charge in [-0.25, -0.2) is 0 Å². The zero-order valence-corrected chi connectivity index (χ0v) is 8.85. The molecule has 0 atom stereocenters. The summed E-state index contributed by atoms with van der Waals surface area (Å²) in [5.74, 6) is 0.586. The molecule has 0 heterocycles. The lowest BCUT2D eigenvalue weighted by atomic mass is 9.95. The van der Waals surface area contributed by atoms with E-state index in [2.05, 4.69) is 10.3 Å². The van der Waals surface area contributed by atoms with Gasteiger partial charge in [0.2, 0.25) is 5.91 Å². The average molecular weight is 185 g/mol. The van der Waals surface area contributed by atoms with E-state index >= 15 is 0 Å². The van der Waals surface area contributed by atoms with E-state index in [0.717, 1.165) is 0 Å². The molecular weight excluding hydrogens is 166 g/mol. The van der Waals surface area contributed by atoms with Crippen molar-refractivity contribution in [1.29, 1.82) is 0 Å². The molecule has 0 saturated heterocycles. The highest BCUT2D eigenvalue weighted by atomic mass is 16.1. The number of nitrogens with two attached hydrogens (primary N) is 1. The van der Waals surface area contributed by atoms with E-state index < -0.39 is 0 Å². The molecule has 1 amide bonds. The van der Waals surface area contributed by atoms with E-state index in [1.807, 2.05) is 20.8 Å². The fourth-order valence-electron chi connectivity index (χ4n) is 0.645. The van der Waals surface area contributed by atoms with Gasteiger partial charge in [-0.05, 0) is 0 Å². The van der Waals surface area contributed by atoms with Crippen LogP contribution in [-0.2, 0) is 4.79 Å². The van der Waals surface area contributed by atoms with Crippen molar-refractivity contribution >= 4 is 11.7 Å². The third-order valence-corrected chi connectivity index (χ3v) is 1.54. The summed E-state index contributed by atoms with van der Waals surface area (Å²) in [6, 6.07) is 0. The number of amides is 1. The fraction of sp³-hybridized carbons (Fsp3) is 0.778. The summed E-state index contributed by atoms with van der Waals surface area (Å²) in [6.45, 7) is 8.59. The molecule has 0 rings (SSSR count). The molecule has 4 nitrogen and oxygen atoms in total. The van der Waals surface area contributed by atoms with Gasteiger partial charge in [0, 0.05) is 18.9 Å². The Bertz CT molecular complexity index is 203. The lowest BCUT2D eigenvalue weighted by molar-refractivity contribution is -0.118. The predicted octanol–water partition coefficient (Wildman–Crippen LogP) is 0.526. The van der Waals surface area contributed by atoms with Gasteiger partial charge in [-0.15, -0.1) is 0 Å². The molecule has 0 aromatic carbocycles. The predicted molar refractivity (Wildman–Crippen MR) is 54.6 cm³/mol. The summed E-state index contributed by atoms with van der Waals surface area (Å²) in [6.07, 6.45) is 0. The first-order chi connectivity index (χ1) is 5.84. The van der Waals surface area contributed by atoms with Crippen LogP contribution in [-0.4, -0.2) is 24.8 Å². The molecule has 13 heavy (non-hydrogen) atoms.